The second-order valence-corrected chi connectivity index (χ2v) is 10.1. The van der Waals surface area contributed by atoms with Crippen LogP contribution in [0.25, 0.3) is 0 Å². The number of esters is 1. The van der Waals surface area contributed by atoms with Crippen LogP contribution in [-0.4, -0.2) is 48.1 Å². The van der Waals surface area contributed by atoms with Gasteiger partial charge in [-0.05, 0) is 66.9 Å². The third kappa shape index (κ3) is 4.35. The fraction of sp³-hybridized carbons (Fsp3) is 0.231. The molecular formula is C26H26N2O6S. The van der Waals surface area contributed by atoms with Crippen molar-refractivity contribution in [3.8, 4) is 5.75 Å². The van der Waals surface area contributed by atoms with E-state index in [1.54, 1.807) is 60.4 Å². The quantitative estimate of drug-likeness (QED) is 0.484. The van der Waals surface area contributed by atoms with Crippen LogP contribution in [0.3, 0.4) is 0 Å². The van der Waals surface area contributed by atoms with Gasteiger partial charge in [-0.15, -0.1) is 0 Å². The monoisotopic (exact) mass is 494 g/mol. The second kappa shape index (κ2) is 9.42. The molecule has 0 radical (unpaired) electrons. The van der Waals surface area contributed by atoms with Gasteiger partial charge in [0.1, 0.15) is 5.75 Å². The molecule has 0 aromatic heterocycles. The number of amides is 1. The Balaban J connectivity index is 1.68. The lowest BCUT2D eigenvalue weighted by Crippen LogP contribution is -2.30. The maximum Gasteiger partial charge on any atom is 0.337 e. The Bertz CT molecular complexity index is 1420. The van der Waals surface area contributed by atoms with Crippen LogP contribution in [0.15, 0.2) is 65.6 Å². The molecule has 0 fully saturated rings. The minimum absolute atomic E-state index is 0.000292. The fourth-order valence-electron chi connectivity index (χ4n) is 4.17. The van der Waals surface area contributed by atoms with Crippen molar-refractivity contribution in [3.05, 3.63) is 82.9 Å². The van der Waals surface area contributed by atoms with Crippen LogP contribution in [0.4, 0.5) is 11.4 Å². The lowest BCUT2D eigenvalue weighted by molar-refractivity contribution is 0.0600. The number of para-hydroxylation sites is 2. The summed E-state index contributed by atoms with van der Waals surface area (Å²) in [6.07, 6.45) is 0.583. The number of rotatable bonds is 6. The van der Waals surface area contributed by atoms with Crippen LogP contribution in [0.2, 0.25) is 0 Å². The summed E-state index contributed by atoms with van der Waals surface area (Å²) < 4.78 is 38.1. The van der Waals surface area contributed by atoms with Crippen LogP contribution >= 0.6 is 0 Å². The maximum absolute atomic E-state index is 13.5. The fourth-order valence-corrected chi connectivity index (χ4v) is 5.41. The number of benzene rings is 3. The maximum atomic E-state index is 13.5. The molecule has 0 spiro atoms. The first-order valence-corrected chi connectivity index (χ1v) is 12.4. The number of methoxy groups -OCH3 is 2. The SMILES string of the molecule is COC(=O)c1ccc2c(c1)CCN2C(=O)c1cc(S(=O)(=O)N(C)c2ccccc2OC)ccc1C. The van der Waals surface area contributed by atoms with Gasteiger partial charge >= 0.3 is 5.97 Å². The number of anilines is 2. The molecule has 8 nitrogen and oxygen atoms in total. The molecule has 3 aromatic carbocycles. The molecule has 0 saturated heterocycles. The third-order valence-corrected chi connectivity index (χ3v) is 7.93. The van der Waals surface area contributed by atoms with Crippen LogP contribution in [0.1, 0.15) is 31.8 Å². The highest BCUT2D eigenvalue weighted by atomic mass is 32.2. The number of carbonyl (C=O) groups excluding carboxylic acids is 2. The Labute approximate surface area is 204 Å². The number of aryl methyl sites for hydroxylation is 1. The van der Waals surface area contributed by atoms with E-state index in [9.17, 15) is 18.0 Å². The van der Waals surface area contributed by atoms with Gasteiger partial charge in [0, 0.05) is 24.8 Å². The van der Waals surface area contributed by atoms with Crippen molar-refractivity contribution >= 4 is 33.3 Å². The summed E-state index contributed by atoms with van der Waals surface area (Å²) in [6.45, 7) is 2.20. The van der Waals surface area contributed by atoms with Gasteiger partial charge in [0.15, 0.2) is 0 Å². The van der Waals surface area contributed by atoms with E-state index in [0.29, 0.717) is 46.8 Å². The number of carbonyl (C=O) groups is 2. The van der Waals surface area contributed by atoms with Gasteiger partial charge in [0.25, 0.3) is 15.9 Å². The van der Waals surface area contributed by atoms with E-state index < -0.39 is 16.0 Å². The summed E-state index contributed by atoms with van der Waals surface area (Å²) in [5, 5.41) is 0. The molecule has 1 aliphatic heterocycles. The molecule has 0 aliphatic carbocycles. The van der Waals surface area contributed by atoms with Gasteiger partial charge in [-0.3, -0.25) is 9.10 Å². The lowest BCUT2D eigenvalue weighted by atomic mass is 10.1. The van der Waals surface area contributed by atoms with Crippen LogP contribution < -0.4 is 13.9 Å². The van der Waals surface area contributed by atoms with Crippen LogP contribution in [-0.2, 0) is 21.2 Å². The number of ether oxygens (including phenoxy) is 2. The van der Waals surface area contributed by atoms with Crippen LogP contribution in [0, 0.1) is 6.92 Å². The van der Waals surface area contributed by atoms with Crippen LogP contribution in [0.5, 0.6) is 5.75 Å². The van der Waals surface area contributed by atoms with E-state index in [0.717, 1.165) is 9.87 Å². The van der Waals surface area contributed by atoms with Crippen molar-refractivity contribution in [2.45, 2.75) is 18.2 Å². The highest BCUT2D eigenvalue weighted by Crippen LogP contribution is 2.33. The summed E-state index contributed by atoms with van der Waals surface area (Å²) >= 11 is 0. The van der Waals surface area contributed by atoms with E-state index in [2.05, 4.69) is 0 Å². The third-order valence-electron chi connectivity index (χ3n) is 6.16. The predicted molar refractivity (Wildman–Crippen MR) is 133 cm³/mol. The van der Waals surface area contributed by atoms with Gasteiger partial charge in [0.05, 0.1) is 30.4 Å². The van der Waals surface area contributed by atoms with Crippen molar-refractivity contribution in [1.82, 2.24) is 0 Å². The minimum Gasteiger partial charge on any atom is -0.495 e. The summed E-state index contributed by atoms with van der Waals surface area (Å²) in [4.78, 5) is 27.0. The molecule has 0 saturated carbocycles. The topological polar surface area (TPSA) is 93.2 Å². The molecule has 0 unspecified atom stereocenters. The zero-order valence-electron chi connectivity index (χ0n) is 19.9. The summed E-state index contributed by atoms with van der Waals surface area (Å²) in [6, 6.07) is 16.4. The van der Waals surface area contributed by atoms with Gasteiger partial charge in [-0.25, -0.2) is 13.2 Å². The zero-order chi connectivity index (χ0) is 25.3. The minimum atomic E-state index is -3.97. The summed E-state index contributed by atoms with van der Waals surface area (Å²) in [5.74, 6) is -0.323. The van der Waals surface area contributed by atoms with Gasteiger partial charge < -0.3 is 14.4 Å². The number of hydrogen-bond donors (Lipinski definition) is 0. The Morgan fingerprint density at radius 3 is 2.46 bits per heavy atom. The molecule has 1 heterocycles. The molecule has 1 aliphatic rings. The lowest BCUT2D eigenvalue weighted by Gasteiger charge is -2.23. The summed E-state index contributed by atoms with van der Waals surface area (Å²) in [5.41, 5.74) is 3.32. The summed E-state index contributed by atoms with van der Waals surface area (Å²) in [7, 11) is 0.276. The Morgan fingerprint density at radius 1 is 1.00 bits per heavy atom. The van der Waals surface area contributed by atoms with Crippen molar-refractivity contribution in [2.75, 3.05) is 37.0 Å². The van der Waals surface area contributed by atoms with Crippen molar-refractivity contribution in [1.29, 1.82) is 0 Å². The molecule has 3 aromatic rings. The van der Waals surface area contributed by atoms with E-state index in [-0.39, 0.29) is 10.8 Å². The Kier molecular flexibility index (Phi) is 6.53. The number of fused-ring (bicyclic) bond motifs is 1. The average molecular weight is 495 g/mol. The number of sulfonamides is 1. The molecule has 1 amide bonds. The zero-order valence-corrected chi connectivity index (χ0v) is 20.8. The number of hydrogen-bond acceptors (Lipinski definition) is 6. The Hall–Kier alpha value is -3.85. The van der Waals surface area contributed by atoms with Gasteiger partial charge in [0.2, 0.25) is 0 Å². The molecule has 4 rings (SSSR count). The standard InChI is InChI=1S/C26H26N2O6S/c1-17-9-11-20(35(31,32)27(2)23-7-5-6-8-24(23)33-3)16-21(17)25(29)28-14-13-18-15-19(26(30)34-4)10-12-22(18)28/h5-12,15-16H,13-14H2,1-4H3. The second-order valence-electron chi connectivity index (χ2n) is 8.16. The van der Waals surface area contributed by atoms with E-state index in [1.807, 2.05) is 0 Å². The van der Waals surface area contributed by atoms with Gasteiger partial charge in [-0.2, -0.15) is 0 Å². The molecule has 9 heteroatoms. The van der Waals surface area contributed by atoms with E-state index >= 15 is 0 Å². The normalized spacial score (nSPS) is 12.7. The van der Waals surface area contributed by atoms with Crippen molar-refractivity contribution in [3.63, 3.8) is 0 Å². The Morgan fingerprint density at radius 2 is 1.74 bits per heavy atom. The van der Waals surface area contributed by atoms with Crippen molar-refractivity contribution in [2.24, 2.45) is 0 Å². The van der Waals surface area contributed by atoms with Crippen molar-refractivity contribution < 1.29 is 27.5 Å². The first kappa shape index (κ1) is 24.3. The molecule has 35 heavy (non-hydrogen) atoms. The highest BCUT2D eigenvalue weighted by molar-refractivity contribution is 7.92. The molecule has 0 bridgehead atoms. The van der Waals surface area contributed by atoms with E-state index in [1.165, 1.54) is 33.4 Å². The molecule has 182 valence electrons. The molecule has 0 N–H and O–H groups in total. The average Bonchev–Trinajstić information content (AvgIpc) is 3.30. The molecule has 0 atom stereocenters. The smallest absolute Gasteiger partial charge is 0.337 e. The van der Waals surface area contributed by atoms with E-state index in [4.69, 9.17) is 9.47 Å². The molecular weight excluding hydrogens is 468 g/mol. The first-order chi connectivity index (χ1) is 16.7. The largest absolute Gasteiger partial charge is 0.495 e. The first-order valence-electron chi connectivity index (χ1n) is 10.9. The van der Waals surface area contributed by atoms with Gasteiger partial charge in [-0.1, -0.05) is 18.2 Å². The highest BCUT2D eigenvalue weighted by Gasteiger charge is 2.30. The predicted octanol–water partition coefficient (Wildman–Crippen LogP) is 3.82. The number of nitrogens with zero attached hydrogens (tertiary/aromatic N) is 2.